The largest absolute Gasteiger partial charge is 0.386 e. The number of halogens is 3. The van der Waals surface area contributed by atoms with Crippen molar-refractivity contribution in [3.05, 3.63) is 93.5 Å². The van der Waals surface area contributed by atoms with Gasteiger partial charge in [-0.25, -0.2) is 13.6 Å². The van der Waals surface area contributed by atoms with Crippen LogP contribution in [0.2, 0.25) is 5.02 Å². The second kappa shape index (κ2) is 7.58. The van der Waals surface area contributed by atoms with Crippen LogP contribution in [0.5, 0.6) is 0 Å². The van der Waals surface area contributed by atoms with E-state index in [4.69, 9.17) is 11.6 Å². The fourth-order valence-electron chi connectivity index (χ4n) is 4.25. The first-order valence-corrected chi connectivity index (χ1v) is 10.2. The van der Waals surface area contributed by atoms with Gasteiger partial charge in [0.1, 0.15) is 11.6 Å². The van der Waals surface area contributed by atoms with Gasteiger partial charge >= 0.3 is 6.03 Å². The minimum absolute atomic E-state index is 0.00371. The van der Waals surface area contributed by atoms with E-state index in [1.807, 2.05) is 0 Å². The number of nitrogens with one attached hydrogen (secondary N) is 2. The summed E-state index contributed by atoms with van der Waals surface area (Å²) in [4.78, 5) is 26.7. The summed E-state index contributed by atoms with van der Waals surface area (Å²) in [5.74, 6) is -1.55. The predicted molar refractivity (Wildman–Crippen MR) is 115 cm³/mol. The lowest BCUT2D eigenvalue weighted by molar-refractivity contribution is 0.0960. The zero-order valence-corrected chi connectivity index (χ0v) is 17.2. The quantitative estimate of drug-likeness (QED) is 0.530. The van der Waals surface area contributed by atoms with Crippen LogP contribution in [0.3, 0.4) is 0 Å². The molecule has 162 valence electrons. The summed E-state index contributed by atoms with van der Waals surface area (Å²) in [6.07, 6.45) is -1.02. The Kier molecular flexibility index (Phi) is 4.83. The maximum absolute atomic E-state index is 14.4. The molecule has 3 aromatic rings. The van der Waals surface area contributed by atoms with Gasteiger partial charge in [-0.2, -0.15) is 0 Å². The Labute approximate surface area is 186 Å². The number of anilines is 2. The normalized spacial score (nSPS) is 18.9. The first-order chi connectivity index (χ1) is 15.3. The second-order valence-corrected chi connectivity index (χ2v) is 7.98. The molecule has 2 heterocycles. The van der Waals surface area contributed by atoms with Crippen molar-refractivity contribution in [2.75, 3.05) is 16.8 Å². The van der Waals surface area contributed by atoms with Gasteiger partial charge in [0.15, 0.2) is 0 Å². The number of β-amino-alcohol motifs (C(OH)–C–C–N with tert-alkyl or cyclic N) is 1. The lowest BCUT2D eigenvalue weighted by Crippen LogP contribution is -2.35. The molecule has 0 saturated carbocycles. The molecule has 5 rings (SSSR count). The maximum Gasteiger partial charge on any atom is 0.326 e. The molecule has 0 aromatic heterocycles. The van der Waals surface area contributed by atoms with E-state index in [9.17, 15) is 23.5 Å². The topological polar surface area (TPSA) is 81.7 Å². The van der Waals surface area contributed by atoms with Crippen LogP contribution in [0.15, 0.2) is 54.6 Å². The van der Waals surface area contributed by atoms with Gasteiger partial charge < -0.3 is 15.7 Å². The first-order valence-electron chi connectivity index (χ1n) is 9.79. The Balaban J connectivity index is 1.53. The molecule has 32 heavy (non-hydrogen) atoms. The third kappa shape index (κ3) is 3.19. The van der Waals surface area contributed by atoms with Crippen LogP contribution in [-0.4, -0.2) is 23.6 Å². The molecule has 0 spiro atoms. The Morgan fingerprint density at radius 3 is 2.72 bits per heavy atom. The van der Waals surface area contributed by atoms with Gasteiger partial charge in [-0.1, -0.05) is 29.8 Å². The van der Waals surface area contributed by atoms with Crippen molar-refractivity contribution >= 4 is 34.9 Å². The van der Waals surface area contributed by atoms with Gasteiger partial charge in [-0.3, -0.25) is 9.69 Å². The molecule has 0 fully saturated rings. The Morgan fingerprint density at radius 2 is 1.91 bits per heavy atom. The van der Waals surface area contributed by atoms with Crippen LogP contribution >= 0.6 is 11.6 Å². The van der Waals surface area contributed by atoms with E-state index in [2.05, 4.69) is 10.6 Å². The summed E-state index contributed by atoms with van der Waals surface area (Å²) in [5.41, 5.74) is 1.68. The third-order valence-electron chi connectivity index (χ3n) is 5.67. The van der Waals surface area contributed by atoms with E-state index in [1.165, 1.54) is 30.3 Å². The monoisotopic (exact) mass is 455 g/mol. The number of aliphatic hydroxyl groups is 1. The number of amides is 3. The van der Waals surface area contributed by atoms with Crippen molar-refractivity contribution in [3.63, 3.8) is 0 Å². The first kappa shape index (κ1) is 20.4. The molecule has 0 saturated heterocycles. The number of fused-ring (bicyclic) bond motifs is 2. The van der Waals surface area contributed by atoms with E-state index in [1.54, 1.807) is 24.3 Å². The molecule has 0 bridgehead atoms. The number of benzene rings is 3. The van der Waals surface area contributed by atoms with Gasteiger partial charge in [0, 0.05) is 33.0 Å². The SMILES string of the molecule is O=C1N[C@H](c2cc(F)ccc2Cl)c2c(NC(=O)N3C[C@H](O)c4cccc(F)c43)cccc21. The predicted octanol–water partition coefficient (Wildman–Crippen LogP) is 4.54. The Hall–Kier alpha value is -3.49. The summed E-state index contributed by atoms with van der Waals surface area (Å²) < 4.78 is 28.3. The van der Waals surface area contributed by atoms with Crippen LogP contribution < -0.4 is 15.5 Å². The van der Waals surface area contributed by atoms with E-state index >= 15 is 0 Å². The molecule has 3 aromatic carbocycles. The van der Waals surface area contributed by atoms with Crippen LogP contribution in [0, 0.1) is 11.6 Å². The highest BCUT2D eigenvalue weighted by atomic mass is 35.5. The van der Waals surface area contributed by atoms with Crippen molar-refractivity contribution in [2.24, 2.45) is 0 Å². The number of para-hydroxylation sites is 1. The molecule has 0 unspecified atom stereocenters. The van der Waals surface area contributed by atoms with E-state index in [0.29, 0.717) is 22.3 Å². The standard InChI is InChI=1S/C23H16ClF2N3O3/c24-15-8-7-11(25)9-14(15)20-19-13(22(31)28-20)4-2-6-17(19)27-23(32)29-10-18(30)12-3-1-5-16(26)21(12)29/h1-9,18,20,30H,10H2,(H,27,32)(H,28,31)/t18-,20+/m0/s1. The van der Waals surface area contributed by atoms with Crippen molar-refractivity contribution < 1.29 is 23.5 Å². The Bertz CT molecular complexity index is 1280. The van der Waals surface area contributed by atoms with E-state index in [0.717, 1.165) is 4.90 Å². The summed E-state index contributed by atoms with van der Waals surface area (Å²) in [6, 6.07) is 11.4. The smallest absolute Gasteiger partial charge is 0.326 e. The molecule has 2 atom stereocenters. The molecule has 3 amide bonds. The average molecular weight is 456 g/mol. The second-order valence-electron chi connectivity index (χ2n) is 7.57. The fraction of sp³-hybridized carbons (Fsp3) is 0.130. The van der Waals surface area contributed by atoms with Crippen LogP contribution in [-0.2, 0) is 0 Å². The lowest BCUT2D eigenvalue weighted by Gasteiger charge is -2.21. The van der Waals surface area contributed by atoms with Crippen LogP contribution in [0.25, 0.3) is 0 Å². The van der Waals surface area contributed by atoms with Crippen molar-refractivity contribution in [1.82, 2.24) is 5.32 Å². The van der Waals surface area contributed by atoms with Crippen molar-refractivity contribution in [1.29, 1.82) is 0 Å². The number of urea groups is 1. The number of hydrogen-bond donors (Lipinski definition) is 3. The van der Waals surface area contributed by atoms with Gasteiger partial charge in [0.05, 0.1) is 24.4 Å². The van der Waals surface area contributed by atoms with E-state index < -0.39 is 35.7 Å². The van der Waals surface area contributed by atoms with Crippen molar-refractivity contribution in [2.45, 2.75) is 12.1 Å². The number of carbonyl (C=O) groups is 2. The number of rotatable bonds is 2. The van der Waals surface area contributed by atoms with Gasteiger partial charge in [-0.15, -0.1) is 0 Å². The van der Waals surface area contributed by atoms with Gasteiger partial charge in [0.25, 0.3) is 5.91 Å². The maximum atomic E-state index is 14.4. The molecule has 2 aliphatic heterocycles. The van der Waals surface area contributed by atoms with Crippen LogP contribution in [0.4, 0.5) is 25.0 Å². The Morgan fingerprint density at radius 1 is 1.12 bits per heavy atom. The van der Waals surface area contributed by atoms with Gasteiger partial charge in [-0.05, 0) is 36.4 Å². The van der Waals surface area contributed by atoms with Gasteiger partial charge in [0.2, 0.25) is 0 Å². The molecule has 9 heteroatoms. The summed E-state index contributed by atoms with van der Waals surface area (Å²) in [6.45, 7) is -0.118. The number of nitrogens with zero attached hydrogens (tertiary/aromatic N) is 1. The van der Waals surface area contributed by atoms with Crippen LogP contribution in [0.1, 0.15) is 39.2 Å². The van der Waals surface area contributed by atoms with Crippen molar-refractivity contribution in [3.8, 4) is 0 Å². The summed E-state index contributed by atoms with van der Waals surface area (Å²) in [5, 5.41) is 16.0. The minimum atomic E-state index is -1.02. The molecule has 0 radical (unpaired) electrons. The summed E-state index contributed by atoms with van der Waals surface area (Å²) >= 11 is 6.26. The average Bonchev–Trinajstić information content (AvgIpc) is 3.29. The fourth-order valence-corrected chi connectivity index (χ4v) is 4.48. The zero-order valence-electron chi connectivity index (χ0n) is 16.4. The number of aliphatic hydroxyl groups excluding tert-OH is 1. The molecular weight excluding hydrogens is 440 g/mol. The highest BCUT2D eigenvalue weighted by Crippen LogP contribution is 2.41. The lowest BCUT2D eigenvalue weighted by atomic mass is 9.96. The molecule has 6 nitrogen and oxygen atoms in total. The number of hydrogen-bond acceptors (Lipinski definition) is 3. The highest BCUT2D eigenvalue weighted by Gasteiger charge is 2.37. The molecule has 2 aliphatic rings. The highest BCUT2D eigenvalue weighted by molar-refractivity contribution is 6.31. The molecule has 3 N–H and O–H groups in total. The number of carbonyl (C=O) groups excluding carboxylic acids is 2. The zero-order chi connectivity index (χ0) is 22.6. The molecular formula is C23H16ClF2N3O3. The minimum Gasteiger partial charge on any atom is -0.386 e. The van der Waals surface area contributed by atoms with E-state index in [-0.39, 0.29) is 22.9 Å². The summed E-state index contributed by atoms with van der Waals surface area (Å²) in [7, 11) is 0. The third-order valence-corrected chi connectivity index (χ3v) is 6.02. The molecule has 0 aliphatic carbocycles.